The maximum Gasteiger partial charge on any atom is 0.303 e. The predicted octanol–water partition coefficient (Wildman–Crippen LogP) is 1.06. The normalized spacial score (nSPS) is 27.7. The Bertz CT molecular complexity index is 1560. The second-order valence-electron chi connectivity index (χ2n) is 12.0. The second-order valence-corrected chi connectivity index (χ2v) is 13.1. The van der Waals surface area contributed by atoms with Gasteiger partial charge in [0.1, 0.15) is 42.7 Å². The van der Waals surface area contributed by atoms with Crippen LogP contribution in [-0.2, 0) is 86.7 Å². The van der Waals surface area contributed by atoms with Gasteiger partial charge in [-0.25, -0.2) is 0 Å². The number of phenols is 1. The summed E-state index contributed by atoms with van der Waals surface area (Å²) in [6.07, 6.45) is -13.6. The van der Waals surface area contributed by atoms with Crippen LogP contribution < -0.4 is 0 Å². The van der Waals surface area contributed by atoms with E-state index >= 15 is 0 Å². The summed E-state index contributed by atoms with van der Waals surface area (Å²) >= 11 is 1.04. The predicted molar refractivity (Wildman–Crippen MR) is 178 cm³/mol. The van der Waals surface area contributed by atoms with E-state index in [0.29, 0.717) is 11.8 Å². The van der Waals surface area contributed by atoms with Crippen molar-refractivity contribution in [2.45, 2.75) is 115 Å². The number of thioether (sulfide) groups is 1. The summed E-state index contributed by atoms with van der Waals surface area (Å²) in [5.41, 5.74) is -0.609. The number of aldehydes is 1. The van der Waals surface area contributed by atoms with Crippen LogP contribution in [0.5, 0.6) is 5.75 Å². The van der Waals surface area contributed by atoms with E-state index in [1.165, 1.54) is 18.2 Å². The molecule has 0 saturated carbocycles. The summed E-state index contributed by atoms with van der Waals surface area (Å²) < 4.78 is 56.7. The highest BCUT2D eigenvalue weighted by atomic mass is 32.2. The molecule has 1 aromatic carbocycles. The van der Waals surface area contributed by atoms with Gasteiger partial charge in [0.15, 0.2) is 43.1 Å². The van der Waals surface area contributed by atoms with Gasteiger partial charge >= 0.3 is 41.8 Å². The van der Waals surface area contributed by atoms with Crippen LogP contribution in [0.3, 0.4) is 0 Å². The van der Waals surface area contributed by atoms with Crippen molar-refractivity contribution < 1.29 is 90.8 Å². The first-order valence-electron chi connectivity index (χ1n) is 16.4. The Kier molecular flexibility index (Phi) is 16.2. The van der Waals surface area contributed by atoms with Gasteiger partial charge in [-0.3, -0.25) is 38.4 Å². The van der Waals surface area contributed by atoms with Gasteiger partial charge in [0, 0.05) is 54.2 Å². The van der Waals surface area contributed by atoms with Crippen molar-refractivity contribution in [3.8, 4) is 5.75 Å². The standard InChI is InChI=1S/C34H42O19S/c1-15(36)44-12-25-27(46-17(3)38)29(47-18(4)39)31(49-20(6)41)33(51-25)53-28-26(13-45-16(2)37)52-34(32(50-21(7)42)30(28)48-19(5)40)54-14-22-8-9-24(43)23(10-22)11-35/h8-11,25-34,43H,12-14H2,1-7H3/t25-,26-,27-,28-,29+,30+,31-,32-,33-,34+/m1/s1. The molecule has 2 saturated heterocycles. The van der Waals surface area contributed by atoms with Crippen LogP contribution in [0.25, 0.3) is 0 Å². The fourth-order valence-corrected chi connectivity index (χ4v) is 6.73. The van der Waals surface area contributed by atoms with Gasteiger partial charge < -0.3 is 52.5 Å². The molecule has 0 unspecified atom stereocenters. The third-order valence-electron chi connectivity index (χ3n) is 7.52. The van der Waals surface area contributed by atoms with E-state index in [1.54, 1.807) is 0 Å². The molecule has 1 aromatic rings. The minimum absolute atomic E-state index is 0.0120. The lowest BCUT2D eigenvalue weighted by Gasteiger charge is -2.48. The fourth-order valence-electron chi connectivity index (χ4n) is 5.57. The molecule has 10 atom stereocenters. The van der Waals surface area contributed by atoms with Gasteiger partial charge in [0.05, 0.1) is 5.56 Å². The molecule has 0 spiro atoms. The number of aromatic hydroxyl groups is 1. The number of hydrogen-bond donors (Lipinski definition) is 1. The largest absolute Gasteiger partial charge is 0.507 e. The number of carbonyl (C=O) groups is 8. The number of hydrogen-bond acceptors (Lipinski definition) is 20. The topological polar surface area (TPSA) is 249 Å². The molecule has 20 heteroatoms. The van der Waals surface area contributed by atoms with Crippen molar-refractivity contribution in [2.75, 3.05) is 13.2 Å². The number of rotatable bonds is 15. The van der Waals surface area contributed by atoms with Crippen LogP contribution in [0, 0.1) is 0 Å². The maximum absolute atomic E-state index is 12.6. The molecule has 0 aromatic heterocycles. The lowest BCUT2D eigenvalue weighted by atomic mass is 9.96. The van der Waals surface area contributed by atoms with Crippen LogP contribution in [0.2, 0.25) is 0 Å². The highest BCUT2D eigenvalue weighted by molar-refractivity contribution is 7.99. The van der Waals surface area contributed by atoms with Crippen molar-refractivity contribution in [2.24, 2.45) is 0 Å². The minimum atomic E-state index is -1.81. The maximum atomic E-state index is 12.6. The van der Waals surface area contributed by atoms with Gasteiger partial charge in [-0.2, -0.15) is 0 Å². The third kappa shape index (κ3) is 12.7. The number of phenolic OH excluding ortho intramolecular Hbond substituents is 1. The molecule has 1 N–H and O–H groups in total. The molecular formula is C34H42O19S. The molecule has 2 fully saturated rings. The van der Waals surface area contributed by atoms with E-state index < -0.39 is 116 Å². The smallest absolute Gasteiger partial charge is 0.303 e. The van der Waals surface area contributed by atoms with Gasteiger partial charge in [-0.15, -0.1) is 11.8 Å². The van der Waals surface area contributed by atoms with E-state index in [2.05, 4.69) is 0 Å². The van der Waals surface area contributed by atoms with Gasteiger partial charge in [-0.1, -0.05) is 6.07 Å². The van der Waals surface area contributed by atoms with Gasteiger partial charge in [-0.05, 0) is 17.7 Å². The first-order chi connectivity index (χ1) is 25.4. The average Bonchev–Trinajstić information content (AvgIpc) is 3.06. The van der Waals surface area contributed by atoms with E-state index in [1.807, 2.05) is 0 Å². The summed E-state index contributed by atoms with van der Waals surface area (Å²) in [6, 6.07) is 4.28. The number of benzene rings is 1. The fraction of sp³-hybridized carbons (Fsp3) is 0.588. The molecule has 0 aliphatic carbocycles. The SMILES string of the molecule is CC(=O)OC[C@H]1O[C@@H](SCc2ccc(O)c(C=O)c2)[C@H](OC(C)=O)[C@@H](OC(C)=O)[C@@H]1O[C@H]1O[C@H](COC(C)=O)[C@@H](OC(C)=O)[C@H](OC(C)=O)[C@H]1OC(C)=O. The molecular weight excluding hydrogens is 744 g/mol. The Morgan fingerprint density at radius 2 is 1.09 bits per heavy atom. The Morgan fingerprint density at radius 3 is 1.59 bits per heavy atom. The number of esters is 7. The monoisotopic (exact) mass is 786 g/mol. The van der Waals surface area contributed by atoms with Crippen LogP contribution >= 0.6 is 11.8 Å². The Labute approximate surface area is 313 Å². The van der Waals surface area contributed by atoms with Crippen LogP contribution in [0.15, 0.2) is 18.2 Å². The van der Waals surface area contributed by atoms with Crippen molar-refractivity contribution >= 4 is 59.8 Å². The molecule has 298 valence electrons. The lowest BCUT2D eigenvalue weighted by Crippen LogP contribution is -2.66. The molecule has 19 nitrogen and oxygen atoms in total. The third-order valence-corrected chi connectivity index (χ3v) is 8.73. The van der Waals surface area contributed by atoms with Crippen molar-refractivity contribution in [3.05, 3.63) is 29.3 Å². The van der Waals surface area contributed by atoms with E-state index in [0.717, 1.165) is 60.2 Å². The average molecular weight is 787 g/mol. The summed E-state index contributed by atoms with van der Waals surface area (Å²) in [5, 5.41) is 9.93. The van der Waals surface area contributed by atoms with Crippen LogP contribution in [0.1, 0.15) is 64.4 Å². The first-order valence-corrected chi connectivity index (χ1v) is 17.4. The molecule has 0 bridgehead atoms. The number of ether oxygens (including phenoxy) is 10. The van der Waals surface area contributed by atoms with Crippen LogP contribution in [0.4, 0.5) is 0 Å². The molecule has 0 radical (unpaired) electrons. The zero-order valence-electron chi connectivity index (χ0n) is 30.4. The molecule has 2 heterocycles. The Balaban J connectivity index is 2.14. The second kappa shape index (κ2) is 20.0. The lowest BCUT2D eigenvalue weighted by molar-refractivity contribution is -0.341. The molecule has 54 heavy (non-hydrogen) atoms. The summed E-state index contributed by atoms with van der Waals surface area (Å²) in [7, 11) is 0. The summed E-state index contributed by atoms with van der Waals surface area (Å²) in [5.74, 6) is -6.06. The molecule has 0 amide bonds. The Hall–Kier alpha value is -4.79. The Morgan fingerprint density at radius 1 is 0.630 bits per heavy atom. The zero-order chi connectivity index (χ0) is 40.3. The van der Waals surface area contributed by atoms with E-state index in [4.69, 9.17) is 47.4 Å². The van der Waals surface area contributed by atoms with Gasteiger partial charge in [0.25, 0.3) is 0 Å². The highest BCUT2D eigenvalue weighted by Gasteiger charge is 2.57. The summed E-state index contributed by atoms with van der Waals surface area (Å²) in [4.78, 5) is 97.2. The number of carbonyl (C=O) groups excluding carboxylic acids is 8. The molecule has 3 rings (SSSR count). The van der Waals surface area contributed by atoms with Crippen molar-refractivity contribution in [1.29, 1.82) is 0 Å². The van der Waals surface area contributed by atoms with Crippen LogP contribution in [-0.4, -0.2) is 127 Å². The van der Waals surface area contributed by atoms with Crippen molar-refractivity contribution in [3.63, 3.8) is 0 Å². The van der Waals surface area contributed by atoms with Gasteiger partial charge in [0.2, 0.25) is 0 Å². The first kappa shape index (κ1) is 43.6. The molecule has 2 aliphatic heterocycles. The minimum Gasteiger partial charge on any atom is -0.507 e. The quantitative estimate of drug-likeness (QED) is 0.148. The molecule has 2 aliphatic rings. The van der Waals surface area contributed by atoms with Crippen molar-refractivity contribution in [1.82, 2.24) is 0 Å². The zero-order valence-corrected chi connectivity index (χ0v) is 31.2. The highest BCUT2D eigenvalue weighted by Crippen LogP contribution is 2.38. The van der Waals surface area contributed by atoms with E-state index in [-0.39, 0.29) is 17.1 Å². The summed E-state index contributed by atoms with van der Waals surface area (Å²) in [6.45, 7) is 6.34. The van der Waals surface area contributed by atoms with E-state index in [9.17, 15) is 43.5 Å².